The number of hydrogen-bond acceptors (Lipinski definition) is 5. The van der Waals surface area contributed by atoms with Crippen LogP contribution in [-0.2, 0) is 14.9 Å². The molecule has 8 heteroatoms. The van der Waals surface area contributed by atoms with Crippen LogP contribution in [0.1, 0.15) is 60.9 Å². The fourth-order valence-electron chi connectivity index (χ4n) is 4.78. The number of hydrogen-bond donors (Lipinski definition) is 3. The molecule has 0 spiro atoms. The minimum atomic E-state index is -0.813. The summed E-state index contributed by atoms with van der Waals surface area (Å²) < 4.78 is 5.56. The molecule has 1 fully saturated rings. The van der Waals surface area contributed by atoms with Gasteiger partial charge in [-0.15, -0.1) is 0 Å². The number of carbonyl (C=O) groups excluding carboxylic acids is 1. The minimum absolute atomic E-state index is 0.164. The Morgan fingerprint density at radius 1 is 1.30 bits per heavy atom. The average Bonchev–Trinajstić information content (AvgIpc) is 2.79. The van der Waals surface area contributed by atoms with E-state index in [1.165, 1.54) is 0 Å². The number of nitrogens with zero attached hydrogens (tertiary/aromatic N) is 1. The molecular weight excluding hydrogens is 442 g/mol. The van der Waals surface area contributed by atoms with Crippen LogP contribution in [0.2, 0.25) is 5.02 Å². The van der Waals surface area contributed by atoms with Gasteiger partial charge >= 0.3 is 5.97 Å². The molecule has 1 aromatic carbocycles. The number of nitrogens with one attached hydrogen (secondary N) is 2. The van der Waals surface area contributed by atoms with Crippen molar-refractivity contribution in [2.45, 2.75) is 50.4 Å². The number of aliphatic carboxylic acids is 1. The molecule has 1 atom stereocenters. The van der Waals surface area contributed by atoms with E-state index in [-0.39, 0.29) is 11.6 Å². The van der Waals surface area contributed by atoms with Crippen molar-refractivity contribution in [3.05, 3.63) is 57.3 Å². The second-order valence-electron chi connectivity index (χ2n) is 8.84. The molecule has 1 unspecified atom stereocenters. The van der Waals surface area contributed by atoms with Gasteiger partial charge in [0.05, 0.1) is 46.9 Å². The molecule has 7 nitrogen and oxygen atoms in total. The summed E-state index contributed by atoms with van der Waals surface area (Å²) in [6.45, 7) is 0.606. The fraction of sp³-hybridized carbons (Fsp3) is 0.440. The lowest BCUT2D eigenvalue weighted by molar-refractivity contribution is -0.141. The first-order valence-electron chi connectivity index (χ1n) is 11.2. The molecule has 1 saturated carbocycles. The molecule has 1 heterocycles. The Morgan fingerprint density at radius 2 is 2.09 bits per heavy atom. The van der Waals surface area contributed by atoms with Crippen molar-refractivity contribution in [2.75, 3.05) is 13.2 Å². The van der Waals surface area contributed by atoms with Crippen molar-refractivity contribution in [2.24, 2.45) is 5.92 Å². The van der Waals surface area contributed by atoms with Crippen LogP contribution in [0.4, 0.5) is 0 Å². The summed E-state index contributed by atoms with van der Waals surface area (Å²) in [5, 5.41) is 30.9. The molecule has 172 valence electrons. The highest BCUT2D eigenvalue weighted by Gasteiger charge is 2.42. The van der Waals surface area contributed by atoms with Gasteiger partial charge in [0.25, 0.3) is 5.91 Å². The Morgan fingerprint density at radius 3 is 2.70 bits per heavy atom. The molecular formula is C25H26ClN3O4. The maximum Gasteiger partial charge on any atom is 0.306 e. The van der Waals surface area contributed by atoms with Crippen LogP contribution in [0, 0.1) is 22.7 Å². The third-order valence-electron chi connectivity index (χ3n) is 6.93. The van der Waals surface area contributed by atoms with Crippen LogP contribution in [0.5, 0.6) is 0 Å². The van der Waals surface area contributed by atoms with Crippen molar-refractivity contribution < 1.29 is 19.4 Å². The van der Waals surface area contributed by atoms with Gasteiger partial charge < -0.3 is 20.6 Å². The molecule has 0 saturated heterocycles. The molecule has 0 bridgehead atoms. The Kier molecular flexibility index (Phi) is 6.68. The zero-order valence-corrected chi connectivity index (χ0v) is 19.0. The Bertz CT molecular complexity index is 1110. The highest BCUT2D eigenvalue weighted by atomic mass is 35.5. The van der Waals surface area contributed by atoms with Crippen LogP contribution in [0.3, 0.4) is 0 Å². The Balaban J connectivity index is 1.62. The summed E-state index contributed by atoms with van der Waals surface area (Å²) in [6.07, 6.45) is 6.03. The third kappa shape index (κ3) is 4.46. The monoisotopic (exact) mass is 467 g/mol. The number of benzene rings is 1. The molecule has 3 N–H and O–H groups in total. The van der Waals surface area contributed by atoms with Crippen LogP contribution in [0.15, 0.2) is 41.1 Å². The van der Waals surface area contributed by atoms with E-state index in [4.69, 9.17) is 21.7 Å². The minimum Gasteiger partial charge on any atom is -0.481 e. The quantitative estimate of drug-likeness (QED) is 0.530. The predicted molar refractivity (Wildman–Crippen MR) is 123 cm³/mol. The molecule has 0 aromatic heterocycles. The molecule has 2 aliphatic carbocycles. The van der Waals surface area contributed by atoms with Gasteiger partial charge in [-0.1, -0.05) is 29.8 Å². The first-order valence-corrected chi connectivity index (χ1v) is 11.6. The number of amides is 1. The van der Waals surface area contributed by atoms with Gasteiger partial charge in [0.2, 0.25) is 0 Å². The number of halogens is 1. The molecule has 1 aliphatic heterocycles. The lowest BCUT2D eigenvalue weighted by Gasteiger charge is -2.37. The summed E-state index contributed by atoms with van der Waals surface area (Å²) in [6, 6.07) is 7.58. The summed E-state index contributed by atoms with van der Waals surface area (Å²) >= 11 is 6.43. The molecule has 0 radical (unpaired) electrons. The van der Waals surface area contributed by atoms with Gasteiger partial charge in [0.1, 0.15) is 0 Å². The number of ether oxygens (including phenoxy) is 1. The highest BCUT2D eigenvalue weighted by molar-refractivity contribution is 6.34. The van der Waals surface area contributed by atoms with Gasteiger partial charge in [0, 0.05) is 11.3 Å². The third-order valence-corrected chi connectivity index (χ3v) is 7.25. The number of nitriles is 1. The van der Waals surface area contributed by atoms with Crippen molar-refractivity contribution in [3.63, 3.8) is 0 Å². The normalized spacial score (nSPS) is 21.9. The second-order valence-corrected chi connectivity index (χ2v) is 9.24. The SMILES string of the molecule is N#CC1(c2cccc(Cl)c2C(=O)NC2=C(C(=N)C3=CCC(C(=O)O)CC3)CCOC2)CCC1. The van der Waals surface area contributed by atoms with E-state index < -0.39 is 23.2 Å². The van der Waals surface area contributed by atoms with E-state index in [1.54, 1.807) is 18.2 Å². The zero-order chi connectivity index (χ0) is 23.6. The number of rotatable bonds is 6. The number of carboxylic acid groups (broad SMARTS) is 1. The average molecular weight is 468 g/mol. The number of carboxylic acids is 1. The molecule has 33 heavy (non-hydrogen) atoms. The van der Waals surface area contributed by atoms with Crippen LogP contribution in [-0.4, -0.2) is 35.9 Å². The molecule has 1 amide bonds. The molecule has 3 aliphatic rings. The van der Waals surface area contributed by atoms with Crippen molar-refractivity contribution in [3.8, 4) is 6.07 Å². The summed E-state index contributed by atoms with van der Waals surface area (Å²) in [5.74, 6) is -1.64. The maximum absolute atomic E-state index is 13.4. The van der Waals surface area contributed by atoms with Crippen LogP contribution < -0.4 is 5.32 Å². The number of allylic oxidation sites excluding steroid dienone is 2. The largest absolute Gasteiger partial charge is 0.481 e. The fourth-order valence-corrected chi connectivity index (χ4v) is 5.04. The van der Waals surface area contributed by atoms with Gasteiger partial charge in [-0.3, -0.25) is 9.59 Å². The van der Waals surface area contributed by atoms with Crippen molar-refractivity contribution in [1.29, 1.82) is 10.7 Å². The van der Waals surface area contributed by atoms with E-state index in [0.29, 0.717) is 73.2 Å². The highest BCUT2D eigenvalue weighted by Crippen LogP contribution is 2.45. The zero-order valence-electron chi connectivity index (χ0n) is 18.2. The van der Waals surface area contributed by atoms with Crippen molar-refractivity contribution >= 4 is 29.2 Å². The van der Waals surface area contributed by atoms with Gasteiger partial charge in [0.15, 0.2) is 0 Å². The first kappa shape index (κ1) is 23.2. The summed E-state index contributed by atoms with van der Waals surface area (Å²) in [4.78, 5) is 24.6. The van der Waals surface area contributed by atoms with Crippen molar-refractivity contribution in [1.82, 2.24) is 5.32 Å². The van der Waals surface area contributed by atoms with E-state index in [0.717, 1.165) is 12.0 Å². The Hall–Kier alpha value is -2.95. The van der Waals surface area contributed by atoms with E-state index in [2.05, 4.69) is 11.4 Å². The first-order chi connectivity index (χ1) is 15.9. The molecule has 1 aromatic rings. The Labute approximate surface area is 197 Å². The molecule has 4 rings (SSSR count). The lowest BCUT2D eigenvalue weighted by atomic mass is 9.64. The van der Waals surface area contributed by atoms with Gasteiger partial charge in [-0.05, 0) is 62.1 Å². The lowest BCUT2D eigenvalue weighted by Crippen LogP contribution is -2.37. The maximum atomic E-state index is 13.4. The predicted octanol–water partition coefficient (Wildman–Crippen LogP) is 4.52. The van der Waals surface area contributed by atoms with Crippen LogP contribution >= 0.6 is 11.6 Å². The topological polar surface area (TPSA) is 123 Å². The van der Waals surface area contributed by atoms with Gasteiger partial charge in [-0.25, -0.2) is 0 Å². The van der Waals surface area contributed by atoms with Crippen LogP contribution in [0.25, 0.3) is 0 Å². The smallest absolute Gasteiger partial charge is 0.306 e. The van der Waals surface area contributed by atoms with E-state index in [9.17, 15) is 20.0 Å². The van der Waals surface area contributed by atoms with E-state index in [1.807, 2.05) is 6.08 Å². The van der Waals surface area contributed by atoms with Gasteiger partial charge in [-0.2, -0.15) is 5.26 Å². The summed E-state index contributed by atoms with van der Waals surface area (Å²) in [7, 11) is 0. The standard InChI is InChI=1S/C25H26ClN3O4/c26-19-4-1-3-18(25(14-27)10-2-11-25)21(19)23(30)29-20-13-33-12-9-17(20)22(28)15-5-7-16(8-6-15)24(31)32/h1,3-5,16,28H,2,6-13H2,(H,29,30)(H,31,32). The second kappa shape index (κ2) is 9.50. The number of carbonyl (C=O) groups is 2. The summed E-state index contributed by atoms with van der Waals surface area (Å²) in [5.41, 5.74) is 2.58. The van der Waals surface area contributed by atoms with E-state index >= 15 is 0 Å².